The van der Waals surface area contributed by atoms with Crippen molar-refractivity contribution in [3.63, 3.8) is 0 Å². The number of amides is 1. The van der Waals surface area contributed by atoms with Crippen molar-refractivity contribution < 1.29 is 18.1 Å². The Morgan fingerprint density at radius 1 is 1.14 bits per heavy atom. The number of nitrogens with one attached hydrogen (secondary N) is 2. The summed E-state index contributed by atoms with van der Waals surface area (Å²) < 4.78 is 27.8. The quantitative estimate of drug-likeness (QED) is 0.809. The Bertz CT molecular complexity index is 1010. The van der Waals surface area contributed by atoms with E-state index >= 15 is 0 Å². The first kappa shape index (κ1) is 19.1. The molecule has 1 fully saturated rings. The first-order valence-electron chi connectivity index (χ1n) is 9.68. The number of rotatable bonds is 4. The second kappa shape index (κ2) is 7.31. The lowest BCUT2D eigenvalue weighted by Crippen LogP contribution is -3.13. The van der Waals surface area contributed by atoms with Crippen LogP contribution in [-0.4, -0.2) is 44.8 Å². The van der Waals surface area contributed by atoms with Gasteiger partial charge in [-0.3, -0.25) is 4.79 Å². The SMILES string of the molecule is Cc1cccc(C[NH+]2CCN(S(=O)(=O)c3ccc4c(c3)[C@@H](C)C(=O)N4)CC2)c1. The minimum atomic E-state index is -3.55. The molecule has 1 atom stereocenters. The molecule has 6 nitrogen and oxygen atoms in total. The van der Waals surface area contributed by atoms with Crippen LogP contribution in [0, 0.1) is 6.92 Å². The van der Waals surface area contributed by atoms with Crippen molar-refractivity contribution in [3.8, 4) is 0 Å². The molecule has 0 aliphatic carbocycles. The third kappa shape index (κ3) is 3.57. The molecule has 1 amide bonds. The number of benzene rings is 2. The molecular weight excluding hydrogens is 374 g/mol. The smallest absolute Gasteiger partial charge is 0.243 e. The Morgan fingerprint density at radius 3 is 2.61 bits per heavy atom. The van der Waals surface area contributed by atoms with E-state index in [0.717, 1.165) is 25.2 Å². The average Bonchev–Trinajstić information content (AvgIpc) is 2.96. The first-order chi connectivity index (χ1) is 13.3. The number of aryl methyl sites for hydroxylation is 1. The number of nitrogens with zero attached hydrogens (tertiary/aromatic N) is 1. The molecule has 0 unspecified atom stereocenters. The molecule has 0 saturated carbocycles. The van der Waals surface area contributed by atoms with Gasteiger partial charge >= 0.3 is 0 Å². The summed E-state index contributed by atoms with van der Waals surface area (Å²) in [5.74, 6) is -0.404. The van der Waals surface area contributed by atoms with Gasteiger partial charge in [-0.05, 0) is 37.6 Å². The highest BCUT2D eigenvalue weighted by Gasteiger charge is 2.33. The maximum atomic E-state index is 13.1. The van der Waals surface area contributed by atoms with Gasteiger partial charge in [0.1, 0.15) is 6.54 Å². The molecule has 7 heteroatoms. The fourth-order valence-corrected chi connectivity index (χ4v) is 5.51. The Hall–Kier alpha value is -2.22. The molecule has 148 valence electrons. The number of carbonyl (C=O) groups excluding carboxylic acids is 1. The number of piperazine rings is 1. The molecule has 2 aliphatic rings. The summed E-state index contributed by atoms with van der Waals surface area (Å²) in [7, 11) is -3.55. The van der Waals surface area contributed by atoms with Crippen LogP contribution in [0.4, 0.5) is 5.69 Å². The second-order valence-electron chi connectivity index (χ2n) is 7.78. The van der Waals surface area contributed by atoms with Crippen molar-refractivity contribution in [1.29, 1.82) is 0 Å². The van der Waals surface area contributed by atoms with Crippen LogP contribution in [0.15, 0.2) is 47.4 Å². The highest BCUT2D eigenvalue weighted by molar-refractivity contribution is 7.89. The average molecular weight is 401 g/mol. The lowest BCUT2D eigenvalue weighted by molar-refractivity contribution is -0.917. The van der Waals surface area contributed by atoms with Crippen LogP contribution in [0.3, 0.4) is 0 Å². The third-order valence-corrected chi connectivity index (χ3v) is 7.64. The van der Waals surface area contributed by atoms with Gasteiger partial charge in [0.05, 0.1) is 37.0 Å². The molecule has 2 aromatic rings. The summed E-state index contributed by atoms with van der Waals surface area (Å²) in [5.41, 5.74) is 4.01. The van der Waals surface area contributed by atoms with Crippen molar-refractivity contribution >= 4 is 21.6 Å². The molecule has 28 heavy (non-hydrogen) atoms. The second-order valence-corrected chi connectivity index (χ2v) is 9.72. The summed E-state index contributed by atoms with van der Waals surface area (Å²) >= 11 is 0. The molecule has 0 spiro atoms. The van der Waals surface area contributed by atoms with Crippen LogP contribution in [-0.2, 0) is 21.4 Å². The minimum absolute atomic E-state index is 0.0853. The van der Waals surface area contributed by atoms with E-state index in [9.17, 15) is 13.2 Å². The summed E-state index contributed by atoms with van der Waals surface area (Å²) in [6.45, 7) is 7.39. The first-order valence-corrected chi connectivity index (χ1v) is 11.1. The van der Waals surface area contributed by atoms with Gasteiger partial charge in [0.2, 0.25) is 15.9 Å². The molecule has 1 saturated heterocycles. The Morgan fingerprint density at radius 2 is 1.89 bits per heavy atom. The molecule has 2 heterocycles. The minimum Gasteiger partial charge on any atom is -0.329 e. The van der Waals surface area contributed by atoms with Crippen molar-refractivity contribution in [2.75, 3.05) is 31.5 Å². The molecular formula is C21H26N3O3S+. The maximum absolute atomic E-state index is 13.1. The molecule has 4 rings (SSSR count). The van der Waals surface area contributed by atoms with E-state index in [4.69, 9.17) is 0 Å². The number of hydrogen-bond acceptors (Lipinski definition) is 3. The monoisotopic (exact) mass is 400 g/mol. The van der Waals surface area contributed by atoms with E-state index in [1.54, 1.807) is 29.4 Å². The molecule has 2 aromatic carbocycles. The van der Waals surface area contributed by atoms with Crippen molar-refractivity contribution in [1.82, 2.24) is 4.31 Å². The normalized spacial score (nSPS) is 20.8. The largest absolute Gasteiger partial charge is 0.329 e. The molecule has 0 aromatic heterocycles. The number of sulfonamides is 1. The summed E-state index contributed by atoms with van der Waals surface area (Å²) in [5, 5.41) is 2.79. The summed E-state index contributed by atoms with van der Waals surface area (Å²) in [6.07, 6.45) is 0. The van der Waals surface area contributed by atoms with Crippen LogP contribution >= 0.6 is 0 Å². The van der Waals surface area contributed by atoms with E-state index in [-0.39, 0.29) is 16.7 Å². The van der Waals surface area contributed by atoms with E-state index in [2.05, 4.69) is 36.5 Å². The Kier molecular flexibility index (Phi) is 4.99. The summed E-state index contributed by atoms with van der Waals surface area (Å²) in [6, 6.07) is 13.4. The lowest BCUT2D eigenvalue weighted by atomic mass is 10.0. The maximum Gasteiger partial charge on any atom is 0.243 e. The van der Waals surface area contributed by atoms with Gasteiger partial charge in [-0.2, -0.15) is 4.31 Å². The van der Waals surface area contributed by atoms with Crippen molar-refractivity contribution in [3.05, 3.63) is 59.2 Å². The topological polar surface area (TPSA) is 70.9 Å². The van der Waals surface area contributed by atoms with Crippen LogP contribution in [0.25, 0.3) is 0 Å². The van der Waals surface area contributed by atoms with Crippen LogP contribution in [0.5, 0.6) is 0 Å². The van der Waals surface area contributed by atoms with Gasteiger partial charge in [0, 0.05) is 11.3 Å². The number of quaternary nitrogens is 1. The van der Waals surface area contributed by atoms with Crippen LogP contribution in [0.1, 0.15) is 29.5 Å². The number of hydrogen-bond donors (Lipinski definition) is 2. The predicted octanol–water partition coefficient (Wildman–Crippen LogP) is 1.14. The van der Waals surface area contributed by atoms with Crippen molar-refractivity contribution in [2.45, 2.75) is 31.2 Å². The molecule has 0 bridgehead atoms. The predicted molar refractivity (Wildman–Crippen MR) is 108 cm³/mol. The van der Waals surface area contributed by atoms with Gasteiger partial charge in [-0.25, -0.2) is 8.42 Å². The fraction of sp³-hybridized carbons (Fsp3) is 0.381. The van der Waals surface area contributed by atoms with Gasteiger partial charge < -0.3 is 10.2 Å². The van der Waals surface area contributed by atoms with E-state index < -0.39 is 10.0 Å². The molecule has 0 radical (unpaired) electrons. The van der Waals surface area contributed by atoms with Gasteiger partial charge in [0.15, 0.2) is 0 Å². The number of anilines is 1. The molecule has 2 aliphatic heterocycles. The highest BCUT2D eigenvalue weighted by Crippen LogP contribution is 2.34. The van der Waals surface area contributed by atoms with E-state index in [0.29, 0.717) is 18.8 Å². The van der Waals surface area contributed by atoms with Gasteiger partial charge in [0.25, 0.3) is 0 Å². The van der Waals surface area contributed by atoms with Crippen molar-refractivity contribution in [2.24, 2.45) is 0 Å². The zero-order valence-electron chi connectivity index (χ0n) is 16.2. The highest BCUT2D eigenvalue weighted by atomic mass is 32.2. The van der Waals surface area contributed by atoms with Gasteiger partial charge in [-0.1, -0.05) is 29.8 Å². The fourth-order valence-electron chi connectivity index (χ4n) is 4.03. The van der Waals surface area contributed by atoms with Crippen LogP contribution in [0.2, 0.25) is 0 Å². The van der Waals surface area contributed by atoms with Crippen LogP contribution < -0.4 is 10.2 Å². The molecule has 2 N–H and O–H groups in total. The lowest BCUT2D eigenvalue weighted by Gasteiger charge is -2.31. The Balaban J connectivity index is 1.45. The van der Waals surface area contributed by atoms with E-state index in [1.807, 2.05) is 0 Å². The number of carbonyl (C=O) groups is 1. The zero-order chi connectivity index (χ0) is 19.9. The summed E-state index contributed by atoms with van der Waals surface area (Å²) in [4.78, 5) is 13.5. The third-order valence-electron chi connectivity index (χ3n) is 5.74. The number of fused-ring (bicyclic) bond motifs is 1. The van der Waals surface area contributed by atoms with Gasteiger partial charge in [-0.15, -0.1) is 0 Å². The van der Waals surface area contributed by atoms with E-state index in [1.165, 1.54) is 16.0 Å². The zero-order valence-corrected chi connectivity index (χ0v) is 17.1. The standard InChI is InChI=1S/C21H25N3O3S/c1-15-4-3-5-17(12-15)14-23-8-10-24(11-9-23)28(26,27)18-6-7-20-19(13-18)16(2)21(25)22-20/h3-7,12-13,16H,8-11,14H2,1-2H3,(H,22,25)/p+1/t16-/m1/s1. The Labute approximate surface area is 166 Å².